The van der Waals surface area contributed by atoms with Crippen LogP contribution < -0.4 is 4.74 Å². The van der Waals surface area contributed by atoms with Gasteiger partial charge in [-0.3, -0.25) is 0 Å². The number of benzene rings is 1. The Morgan fingerprint density at radius 1 is 1.20 bits per heavy atom. The van der Waals surface area contributed by atoms with E-state index in [2.05, 4.69) is 49.9 Å². The molecule has 0 radical (unpaired) electrons. The molecule has 0 amide bonds. The minimum atomic E-state index is 0.598. The summed E-state index contributed by atoms with van der Waals surface area (Å²) in [7, 11) is 0. The van der Waals surface area contributed by atoms with Crippen LogP contribution >= 0.6 is 15.9 Å². The fourth-order valence-electron chi connectivity index (χ4n) is 2.08. The first-order chi connectivity index (χ1) is 9.67. The highest BCUT2D eigenvalue weighted by molar-refractivity contribution is 9.10. The molecule has 2 aromatic heterocycles. The number of aryl methyl sites for hydroxylation is 1. The maximum absolute atomic E-state index is 5.40. The van der Waals surface area contributed by atoms with Gasteiger partial charge in [-0.25, -0.2) is 4.98 Å². The van der Waals surface area contributed by atoms with E-state index in [1.807, 2.05) is 25.1 Å². The van der Waals surface area contributed by atoms with E-state index < -0.39 is 0 Å². The van der Waals surface area contributed by atoms with Gasteiger partial charge in [0, 0.05) is 16.1 Å². The van der Waals surface area contributed by atoms with Crippen molar-refractivity contribution in [3.8, 4) is 17.3 Å². The molecule has 0 bridgehead atoms. The molecule has 0 aliphatic rings. The summed E-state index contributed by atoms with van der Waals surface area (Å²) >= 11 is 3.49. The maximum Gasteiger partial charge on any atom is 0.215 e. The molecule has 1 aromatic carbocycles. The van der Waals surface area contributed by atoms with Gasteiger partial charge in [0.25, 0.3) is 0 Å². The van der Waals surface area contributed by atoms with Gasteiger partial charge in [-0.05, 0) is 37.6 Å². The normalized spacial score (nSPS) is 10.9. The van der Waals surface area contributed by atoms with Crippen molar-refractivity contribution in [2.75, 3.05) is 6.61 Å². The van der Waals surface area contributed by atoms with Crippen LogP contribution in [0.2, 0.25) is 0 Å². The quantitative estimate of drug-likeness (QED) is 0.786. The number of ether oxygens (including phenoxy) is 1. The SMILES string of the molecule is CCOc1ccc2[nH]c(-c3cc(Br)ccc3C)nc2n1. The zero-order chi connectivity index (χ0) is 14.1. The van der Waals surface area contributed by atoms with E-state index >= 15 is 0 Å². The first-order valence-electron chi connectivity index (χ1n) is 6.43. The lowest BCUT2D eigenvalue weighted by Gasteiger charge is -2.02. The highest BCUT2D eigenvalue weighted by Gasteiger charge is 2.10. The first-order valence-corrected chi connectivity index (χ1v) is 7.23. The van der Waals surface area contributed by atoms with Gasteiger partial charge in [-0.1, -0.05) is 22.0 Å². The Hall–Kier alpha value is -1.88. The monoisotopic (exact) mass is 331 g/mol. The number of imidazole rings is 1. The van der Waals surface area contributed by atoms with Crippen molar-refractivity contribution in [2.24, 2.45) is 0 Å². The molecule has 4 nitrogen and oxygen atoms in total. The number of halogens is 1. The molecule has 2 heterocycles. The van der Waals surface area contributed by atoms with Gasteiger partial charge in [0.2, 0.25) is 5.88 Å². The summed E-state index contributed by atoms with van der Waals surface area (Å²) in [5.41, 5.74) is 3.81. The Labute approximate surface area is 125 Å². The van der Waals surface area contributed by atoms with Gasteiger partial charge >= 0.3 is 0 Å². The average molecular weight is 332 g/mol. The van der Waals surface area contributed by atoms with Crippen molar-refractivity contribution in [3.05, 3.63) is 40.4 Å². The average Bonchev–Trinajstić information content (AvgIpc) is 2.85. The molecule has 0 saturated carbocycles. The number of aromatic amines is 1. The summed E-state index contributed by atoms with van der Waals surface area (Å²) in [5, 5.41) is 0. The summed E-state index contributed by atoms with van der Waals surface area (Å²) in [6.07, 6.45) is 0. The Bertz CT molecular complexity index is 767. The molecule has 0 unspecified atom stereocenters. The number of pyridine rings is 1. The summed E-state index contributed by atoms with van der Waals surface area (Å²) in [5.74, 6) is 1.42. The van der Waals surface area contributed by atoms with Crippen LogP contribution in [0.5, 0.6) is 5.88 Å². The lowest BCUT2D eigenvalue weighted by molar-refractivity contribution is 0.328. The van der Waals surface area contributed by atoms with E-state index in [9.17, 15) is 0 Å². The zero-order valence-corrected chi connectivity index (χ0v) is 12.9. The van der Waals surface area contributed by atoms with Crippen molar-refractivity contribution in [2.45, 2.75) is 13.8 Å². The fraction of sp³-hybridized carbons (Fsp3) is 0.200. The molecule has 0 fully saturated rings. The Balaban J connectivity index is 2.10. The lowest BCUT2D eigenvalue weighted by Crippen LogP contribution is -1.93. The summed E-state index contributed by atoms with van der Waals surface area (Å²) in [6.45, 7) is 4.60. The van der Waals surface area contributed by atoms with Crippen LogP contribution in [0, 0.1) is 6.92 Å². The second-order valence-electron chi connectivity index (χ2n) is 4.50. The smallest absolute Gasteiger partial charge is 0.215 e. The number of hydrogen-bond acceptors (Lipinski definition) is 3. The number of fused-ring (bicyclic) bond motifs is 1. The van der Waals surface area contributed by atoms with E-state index in [-0.39, 0.29) is 0 Å². The Kier molecular flexibility index (Phi) is 3.44. The van der Waals surface area contributed by atoms with Gasteiger partial charge in [0.15, 0.2) is 5.65 Å². The van der Waals surface area contributed by atoms with Crippen molar-refractivity contribution >= 4 is 27.1 Å². The van der Waals surface area contributed by atoms with Crippen LogP contribution in [0.25, 0.3) is 22.6 Å². The summed E-state index contributed by atoms with van der Waals surface area (Å²) < 4.78 is 6.43. The molecule has 0 spiro atoms. The second-order valence-corrected chi connectivity index (χ2v) is 5.41. The van der Waals surface area contributed by atoms with Crippen LogP contribution in [0.4, 0.5) is 0 Å². The first kappa shape index (κ1) is 13.1. The molecule has 3 rings (SSSR count). The lowest BCUT2D eigenvalue weighted by atomic mass is 10.1. The number of H-pyrrole nitrogens is 1. The van der Waals surface area contributed by atoms with Crippen LogP contribution in [0.3, 0.4) is 0 Å². The number of nitrogens with one attached hydrogen (secondary N) is 1. The maximum atomic E-state index is 5.40. The molecule has 3 aromatic rings. The molecule has 102 valence electrons. The minimum Gasteiger partial charge on any atom is -0.478 e. The third-order valence-corrected chi connectivity index (χ3v) is 3.56. The Morgan fingerprint density at radius 3 is 2.85 bits per heavy atom. The second kappa shape index (κ2) is 5.25. The van der Waals surface area contributed by atoms with Crippen molar-refractivity contribution in [1.29, 1.82) is 0 Å². The minimum absolute atomic E-state index is 0.598. The van der Waals surface area contributed by atoms with E-state index in [1.165, 1.54) is 0 Å². The van der Waals surface area contributed by atoms with Crippen molar-refractivity contribution < 1.29 is 4.74 Å². The predicted molar refractivity (Wildman–Crippen MR) is 82.9 cm³/mol. The number of hydrogen-bond donors (Lipinski definition) is 1. The van der Waals surface area contributed by atoms with Crippen LogP contribution in [0.15, 0.2) is 34.8 Å². The molecular weight excluding hydrogens is 318 g/mol. The standard InChI is InChI=1S/C15H14BrN3O/c1-3-20-13-7-6-12-15(18-13)19-14(17-12)11-8-10(16)5-4-9(11)2/h4-8H,3H2,1-2H3,(H,17,18,19). The van der Waals surface area contributed by atoms with Gasteiger partial charge in [0.1, 0.15) is 5.82 Å². The van der Waals surface area contributed by atoms with Crippen LogP contribution in [0.1, 0.15) is 12.5 Å². The fourth-order valence-corrected chi connectivity index (χ4v) is 2.44. The van der Waals surface area contributed by atoms with Gasteiger partial charge < -0.3 is 9.72 Å². The van der Waals surface area contributed by atoms with Crippen molar-refractivity contribution in [1.82, 2.24) is 15.0 Å². The van der Waals surface area contributed by atoms with Gasteiger partial charge in [-0.2, -0.15) is 4.98 Å². The predicted octanol–water partition coefficient (Wildman–Crippen LogP) is 4.09. The number of nitrogens with zero attached hydrogens (tertiary/aromatic N) is 2. The highest BCUT2D eigenvalue weighted by Crippen LogP contribution is 2.26. The third kappa shape index (κ3) is 2.41. The number of rotatable bonds is 3. The molecule has 0 aliphatic heterocycles. The summed E-state index contributed by atoms with van der Waals surface area (Å²) in [6, 6.07) is 9.92. The third-order valence-electron chi connectivity index (χ3n) is 3.07. The van der Waals surface area contributed by atoms with Crippen molar-refractivity contribution in [3.63, 3.8) is 0 Å². The van der Waals surface area contributed by atoms with Crippen LogP contribution in [-0.2, 0) is 0 Å². The van der Waals surface area contributed by atoms with Gasteiger partial charge in [0.05, 0.1) is 12.1 Å². The largest absolute Gasteiger partial charge is 0.478 e. The molecule has 0 atom stereocenters. The van der Waals surface area contributed by atoms with E-state index in [0.717, 1.165) is 26.9 Å². The van der Waals surface area contributed by atoms with E-state index in [0.29, 0.717) is 18.1 Å². The molecule has 1 N–H and O–H groups in total. The summed E-state index contributed by atoms with van der Waals surface area (Å²) in [4.78, 5) is 12.2. The molecule has 5 heteroatoms. The topological polar surface area (TPSA) is 50.8 Å². The molecule has 0 aliphatic carbocycles. The Morgan fingerprint density at radius 2 is 2.05 bits per heavy atom. The van der Waals surface area contributed by atoms with Crippen LogP contribution in [-0.4, -0.2) is 21.6 Å². The molecule has 0 saturated heterocycles. The molecular formula is C15H14BrN3O. The van der Waals surface area contributed by atoms with E-state index in [1.54, 1.807) is 0 Å². The van der Waals surface area contributed by atoms with Gasteiger partial charge in [-0.15, -0.1) is 0 Å². The molecule has 20 heavy (non-hydrogen) atoms. The highest BCUT2D eigenvalue weighted by atomic mass is 79.9. The van der Waals surface area contributed by atoms with E-state index in [4.69, 9.17) is 4.74 Å². The number of aromatic nitrogens is 3. The zero-order valence-electron chi connectivity index (χ0n) is 11.3.